The highest BCUT2D eigenvalue weighted by Gasteiger charge is 2.53. The first-order chi connectivity index (χ1) is 5.08. The van der Waals surface area contributed by atoms with Crippen LogP contribution >= 0.6 is 0 Å². The maximum atomic E-state index is 10.5. The fourth-order valence-corrected chi connectivity index (χ4v) is 0.466. The van der Waals surface area contributed by atoms with E-state index in [0.29, 0.717) is 0 Å². The number of hydrogen-bond acceptors (Lipinski definition) is 6. The van der Waals surface area contributed by atoms with Crippen LogP contribution in [-0.2, 0) is 19.4 Å². The van der Waals surface area contributed by atoms with Crippen LogP contribution in [-0.4, -0.2) is 29.4 Å². The summed E-state index contributed by atoms with van der Waals surface area (Å²) in [5, 5.41) is 10.7. The second kappa shape index (κ2) is 2.46. The lowest BCUT2D eigenvalue weighted by atomic mass is 10.4. The van der Waals surface area contributed by atoms with Gasteiger partial charge in [0, 0.05) is 0 Å². The molecule has 62 valence electrons. The molecule has 1 aliphatic rings. The minimum Gasteiger partial charge on any atom is -0.337 e. The second-order valence-corrected chi connectivity index (χ2v) is 1.85. The van der Waals surface area contributed by atoms with Gasteiger partial charge in [0.15, 0.2) is 0 Å². The maximum absolute atomic E-state index is 10.5. The Balaban J connectivity index is 2.48. The average molecular weight is 162 g/mol. The molecular formula is C4H6N2O5. The van der Waals surface area contributed by atoms with Crippen LogP contribution in [0.15, 0.2) is 0 Å². The Hall–Kier alpha value is -1.18. The summed E-state index contributed by atoms with van der Waals surface area (Å²) in [4.78, 5) is 28.5. The topological polar surface area (TPSA) is 111 Å². The molecule has 0 aromatic carbocycles. The number of carbonyl (C=O) groups excluding carboxylic acids is 2. The summed E-state index contributed by atoms with van der Waals surface area (Å²) in [7, 11) is 0. The van der Waals surface area contributed by atoms with Gasteiger partial charge in [-0.25, -0.2) is 4.79 Å². The molecule has 11 heavy (non-hydrogen) atoms. The molecule has 1 saturated heterocycles. The molecular weight excluding hydrogens is 156 g/mol. The summed E-state index contributed by atoms with van der Waals surface area (Å²) in [6.07, 6.45) is 0. The zero-order valence-corrected chi connectivity index (χ0v) is 5.36. The maximum Gasteiger partial charge on any atom is 0.427 e. The summed E-state index contributed by atoms with van der Waals surface area (Å²) in [5.74, 6) is -4.13. The number of amides is 1. The smallest absolute Gasteiger partial charge is 0.337 e. The predicted octanol–water partition coefficient (Wildman–Crippen LogP) is -2.80. The zero-order valence-electron chi connectivity index (χ0n) is 5.36. The first-order valence-corrected chi connectivity index (χ1v) is 2.72. The summed E-state index contributed by atoms with van der Waals surface area (Å²) in [5.41, 5.74) is 4.87. The third-order valence-corrected chi connectivity index (χ3v) is 1.01. The van der Waals surface area contributed by atoms with E-state index in [1.54, 1.807) is 5.32 Å². The average Bonchev–Trinajstić information content (AvgIpc) is 2.01. The standard InChI is InChI=1S/C4H6N2O5/c5-1-2(7)6-4(9)3(8)10-11-4/h9H,1,5H2,(H,6,7). The Bertz CT molecular complexity index is 205. The Morgan fingerprint density at radius 1 is 1.82 bits per heavy atom. The Morgan fingerprint density at radius 3 is 2.73 bits per heavy atom. The van der Waals surface area contributed by atoms with E-state index in [2.05, 4.69) is 9.78 Å². The number of hydrogen-bond donors (Lipinski definition) is 3. The lowest BCUT2D eigenvalue weighted by Crippen LogP contribution is -2.65. The van der Waals surface area contributed by atoms with Gasteiger partial charge in [-0.2, -0.15) is 0 Å². The molecule has 1 heterocycles. The van der Waals surface area contributed by atoms with Crippen molar-refractivity contribution >= 4 is 11.9 Å². The zero-order chi connectivity index (χ0) is 8.48. The molecule has 0 aliphatic carbocycles. The fourth-order valence-electron chi connectivity index (χ4n) is 0.466. The van der Waals surface area contributed by atoms with Crippen LogP contribution in [0.4, 0.5) is 0 Å². The lowest BCUT2D eigenvalue weighted by Gasteiger charge is -2.30. The Morgan fingerprint density at radius 2 is 2.45 bits per heavy atom. The van der Waals surface area contributed by atoms with Crippen LogP contribution in [0.25, 0.3) is 0 Å². The molecule has 0 aromatic rings. The van der Waals surface area contributed by atoms with Crippen molar-refractivity contribution in [2.24, 2.45) is 5.73 Å². The van der Waals surface area contributed by atoms with Crippen molar-refractivity contribution < 1.29 is 24.5 Å². The number of aliphatic hydroxyl groups is 1. The van der Waals surface area contributed by atoms with Gasteiger partial charge in [0.2, 0.25) is 5.91 Å². The third-order valence-electron chi connectivity index (χ3n) is 1.01. The molecule has 7 heteroatoms. The van der Waals surface area contributed by atoms with Gasteiger partial charge in [0.1, 0.15) is 0 Å². The van der Waals surface area contributed by atoms with Gasteiger partial charge in [0.25, 0.3) is 0 Å². The van der Waals surface area contributed by atoms with Crippen molar-refractivity contribution in [3.63, 3.8) is 0 Å². The van der Waals surface area contributed by atoms with Crippen molar-refractivity contribution in [1.29, 1.82) is 0 Å². The van der Waals surface area contributed by atoms with E-state index in [-0.39, 0.29) is 6.54 Å². The molecule has 1 fully saturated rings. The van der Waals surface area contributed by atoms with Crippen LogP contribution in [0.1, 0.15) is 0 Å². The molecule has 0 spiro atoms. The van der Waals surface area contributed by atoms with Gasteiger partial charge >= 0.3 is 11.9 Å². The number of nitrogens with one attached hydrogen (secondary N) is 1. The fraction of sp³-hybridized carbons (Fsp3) is 0.500. The molecule has 7 nitrogen and oxygen atoms in total. The van der Waals surface area contributed by atoms with E-state index in [1.807, 2.05) is 0 Å². The van der Waals surface area contributed by atoms with Crippen LogP contribution in [0.3, 0.4) is 0 Å². The van der Waals surface area contributed by atoms with Gasteiger partial charge in [-0.1, -0.05) is 0 Å². The quantitative estimate of drug-likeness (QED) is 0.298. The molecule has 0 bridgehead atoms. The van der Waals surface area contributed by atoms with E-state index in [9.17, 15) is 9.59 Å². The van der Waals surface area contributed by atoms with Crippen molar-refractivity contribution in [3.05, 3.63) is 0 Å². The Kier molecular flexibility index (Phi) is 1.77. The highest BCUT2D eigenvalue weighted by atomic mass is 17.3. The summed E-state index contributed by atoms with van der Waals surface area (Å²) < 4.78 is 0. The molecule has 4 N–H and O–H groups in total. The predicted molar refractivity (Wildman–Crippen MR) is 29.3 cm³/mol. The largest absolute Gasteiger partial charge is 0.427 e. The minimum atomic E-state index is -2.34. The molecule has 1 rings (SSSR count). The third kappa shape index (κ3) is 1.29. The highest BCUT2D eigenvalue weighted by Crippen LogP contribution is 2.16. The van der Waals surface area contributed by atoms with Gasteiger partial charge in [-0.3, -0.25) is 15.0 Å². The number of nitrogens with two attached hydrogens (primary N) is 1. The summed E-state index contributed by atoms with van der Waals surface area (Å²) >= 11 is 0. The second-order valence-electron chi connectivity index (χ2n) is 1.85. The van der Waals surface area contributed by atoms with Crippen molar-refractivity contribution in [1.82, 2.24) is 5.32 Å². The van der Waals surface area contributed by atoms with Crippen LogP contribution in [0.5, 0.6) is 0 Å². The monoisotopic (exact) mass is 162 g/mol. The molecule has 0 saturated carbocycles. The van der Waals surface area contributed by atoms with E-state index in [4.69, 9.17) is 10.8 Å². The molecule has 1 aliphatic heterocycles. The molecule has 0 radical (unpaired) electrons. The molecule has 1 unspecified atom stereocenters. The Labute approximate surface area is 61.0 Å². The van der Waals surface area contributed by atoms with Gasteiger partial charge in [-0.05, 0) is 0 Å². The number of rotatable bonds is 2. The summed E-state index contributed by atoms with van der Waals surface area (Å²) in [6.45, 7) is -0.348. The van der Waals surface area contributed by atoms with E-state index in [0.717, 1.165) is 0 Å². The molecule has 1 atom stereocenters. The van der Waals surface area contributed by atoms with Crippen LogP contribution in [0, 0.1) is 0 Å². The van der Waals surface area contributed by atoms with Crippen molar-refractivity contribution in [2.45, 2.75) is 5.91 Å². The summed E-state index contributed by atoms with van der Waals surface area (Å²) in [6, 6.07) is 0. The minimum absolute atomic E-state index is 0.348. The van der Waals surface area contributed by atoms with Crippen LogP contribution < -0.4 is 11.1 Å². The highest BCUT2D eigenvalue weighted by molar-refractivity contribution is 5.87. The van der Waals surface area contributed by atoms with Crippen molar-refractivity contribution in [3.8, 4) is 0 Å². The van der Waals surface area contributed by atoms with E-state index >= 15 is 0 Å². The van der Waals surface area contributed by atoms with Gasteiger partial charge < -0.3 is 10.8 Å². The lowest BCUT2D eigenvalue weighted by molar-refractivity contribution is -0.463. The van der Waals surface area contributed by atoms with E-state index in [1.165, 1.54) is 0 Å². The number of carbonyl (C=O) groups is 2. The van der Waals surface area contributed by atoms with Crippen LogP contribution in [0.2, 0.25) is 0 Å². The SMILES string of the molecule is NCC(=O)NC1(O)OOC1=O. The molecule has 1 amide bonds. The first-order valence-electron chi connectivity index (χ1n) is 2.72. The van der Waals surface area contributed by atoms with E-state index < -0.39 is 17.8 Å². The van der Waals surface area contributed by atoms with Gasteiger partial charge in [-0.15, -0.1) is 4.89 Å². The normalized spacial score (nSPS) is 28.7. The van der Waals surface area contributed by atoms with Crippen molar-refractivity contribution in [2.75, 3.05) is 6.54 Å². The first kappa shape index (κ1) is 7.92. The molecule has 0 aromatic heterocycles. The van der Waals surface area contributed by atoms with Gasteiger partial charge in [0.05, 0.1) is 6.54 Å².